The van der Waals surface area contributed by atoms with E-state index in [1.165, 1.54) is 18.6 Å². The van der Waals surface area contributed by atoms with E-state index in [2.05, 4.69) is 54.5 Å². The molecule has 0 aromatic heterocycles. The molecule has 0 aromatic carbocycles. The Labute approximate surface area is 136 Å². The third-order valence-corrected chi connectivity index (χ3v) is 4.20. The van der Waals surface area contributed by atoms with Crippen LogP contribution in [0.3, 0.4) is 0 Å². The molecular weight excluding hydrogens is 280 g/mol. The number of rotatable bonds is 11. The van der Waals surface area contributed by atoms with Crippen molar-refractivity contribution in [2.24, 2.45) is 4.99 Å². The smallest absolute Gasteiger partial charge is 0.190 e. The first kappa shape index (κ1) is 20.6. The zero-order valence-electron chi connectivity index (χ0n) is 14.9. The Bertz CT molecular complexity index is 259. The summed E-state index contributed by atoms with van der Waals surface area (Å²) in [6, 6.07) is 1.22. The number of guanidine groups is 1. The number of nitrogens with zero attached hydrogens (tertiary/aromatic N) is 2. The molecule has 0 rings (SSSR count). The van der Waals surface area contributed by atoms with Crippen LogP contribution >= 0.6 is 11.8 Å². The minimum Gasteiger partial charge on any atom is -0.356 e. The molecule has 0 radical (unpaired) electrons. The number of hydrogen-bond acceptors (Lipinski definition) is 3. The molecule has 0 heterocycles. The fourth-order valence-corrected chi connectivity index (χ4v) is 2.87. The summed E-state index contributed by atoms with van der Waals surface area (Å²) in [5, 5.41) is 6.78. The molecule has 0 aliphatic heterocycles. The largest absolute Gasteiger partial charge is 0.356 e. The quantitative estimate of drug-likeness (QED) is 0.349. The first-order chi connectivity index (χ1) is 10.0. The summed E-state index contributed by atoms with van der Waals surface area (Å²) in [5.41, 5.74) is 0. The van der Waals surface area contributed by atoms with Gasteiger partial charge in [-0.2, -0.15) is 11.8 Å². The van der Waals surface area contributed by atoms with Crippen molar-refractivity contribution in [3.63, 3.8) is 0 Å². The molecule has 5 heteroatoms. The van der Waals surface area contributed by atoms with Gasteiger partial charge in [0.2, 0.25) is 0 Å². The summed E-state index contributed by atoms with van der Waals surface area (Å²) in [6.45, 7) is 12.2. The van der Waals surface area contributed by atoms with Crippen LogP contribution in [-0.4, -0.2) is 61.6 Å². The van der Waals surface area contributed by atoms with Gasteiger partial charge in [0, 0.05) is 38.8 Å². The normalized spacial score (nSPS) is 12.5. The molecule has 0 bridgehead atoms. The van der Waals surface area contributed by atoms with E-state index in [1.807, 2.05) is 18.8 Å². The average molecular weight is 317 g/mol. The van der Waals surface area contributed by atoms with E-state index in [9.17, 15) is 0 Å². The van der Waals surface area contributed by atoms with Gasteiger partial charge in [-0.05, 0) is 59.0 Å². The molecular formula is C16H36N4S. The zero-order chi connectivity index (χ0) is 16.1. The Morgan fingerprint density at radius 2 is 1.57 bits per heavy atom. The predicted molar refractivity (Wildman–Crippen MR) is 98.6 cm³/mol. The van der Waals surface area contributed by atoms with Gasteiger partial charge in [-0.1, -0.05) is 0 Å². The van der Waals surface area contributed by atoms with E-state index in [0.717, 1.165) is 32.0 Å². The van der Waals surface area contributed by atoms with Crippen molar-refractivity contribution in [1.29, 1.82) is 0 Å². The van der Waals surface area contributed by atoms with Gasteiger partial charge in [0.15, 0.2) is 5.96 Å². The highest BCUT2D eigenvalue weighted by Crippen LogP contribution is 2.05. The van der Waals surface area contributed by atoms with Crippen LogP contribution in [0, 0.1) is 0 Å². The Morgan fingerprint density at radius 1 is 1.00 bits per heavy atom. The van der Waals surface area contributed by atoms with Crippen molar-refractivity contribution in [2.75, 3.05) is 38.7 Å². The molecule has 0 aliphatic rings. The molecule has 126 valence electrons. The van der Waals surface area contributed by atoms with Crippen LogP contribution in [0.4, 0.5) is 0 Å². The molecule has 0 spiro atoms. The molecule has 0 fully saturated rings. The fraction of sp³-hybridized carbons (Fsp3) is 0.938. The lowest BCUT2D eigenvalue weighted by molar-refractivity contribution is 0.173. The van der Waals surface area contributed by atoms with Crippen molar-refractivity contribution in [1.82, 2.24) is 15.5 Å². The third kappa shape index (κ3) is 10.9. The zero-order valence-corrected chi connectivity index (χ0v) is 15.7. The van der Waals surface area contributed by atoms with E-state index in [0.29, 0.717) is 12.1 Å². The number of hydrogen-bond donors (Lipinski definition) is 2. The van der Waals surface area contributed by atoms with Gasteiger partial charge in [-0.15, -0.1) is 0 Å². The monoisotopic (exact) mass is 316 g/mol. The van der Waals surface area contributed by atoms with Crippen molar-refractivity contribution in [3.05, 3.63) is 0 Å². The molecule has 0 amide bonds. The SMILES string of the molecule is CN=C(NCCCCSC)NCCCN(C(C)C)C(C)C. The van der Waals surface area contributed by atoms with E-state index < -0.39 is 0 Å². The van der Waals surface area contributed by atoms with Crippen molar-refractivity contribution >= 4 is 17.7 Å². The highest BCUT2D eigenvalue weighted by Gasteiger charge is 2.12. The van der Waals surface area contributed by atoms with Crippen LogP contribution in [0.2, 0.25) is 0 Å². The number of thioether (sulfide) groups is 1. The number of nitrogens with one attached hydrogen (secondary N) is 2. The molecule has 0 atom stereocenters. The first-order valence-corrected chi connectivity index (χ1v) is 9.61. The molecule has 0 unspecified atom stereocenters. The van der Waals surface area contributed by atoms with Crippen LogP contribution < -0.4 is 10.6 Å². The summed E-state index contributed by atoms with van der Waals surface area (Å²) in [5.74, 6) is 2.17. The summed E-state index contributed by atoms with van der Waals surface area (Å²) < 4.78 is 0. The predicted octanol–water partition coefficient (Wildman–Crippen LogP) is 2.80. The summed E-state index contributed by atoms with van der Waals surface area (Å²) >= 11 is 1.91. The first-order valence-electron chi connectivity index (χ1n) is 8.22. The van der Waals surface area contributed by atoms with Crippen molar-refractivity contribution in [2.45, 2.75) is 59.0 Å². The molecule has 0 aromatic rings. The van der Waals surface area contributed by atoms with Crippen molar-refractivity contribution in [3.8, 4) is 0 Å². The summed E-state index contributed by atoms with van der Waals surface area (Å²) in [4.78, 5) is 6.80. The minimum absolute atomic E-state index is 0.610. The van der Waals surface area contributed by atoms with E-state index in [1.54, 1.807) is 0 Å². The maximum Gasteiger partial charge on any atom is 0.190 e. The van der Waals surface area contributed by atoms with Gasteiger partial charge in [-0.3, -0.25) is 9.89 Å². The van der Waals surface area contributed by atoms with Crippen LogP contribution in [0.5, 0.6) is 0 Å². The maximum absolute atomic E-state index is 4.27. The lowest BCUT2D eigenvalue weighted by Gasteiger charge is -2.30. The average Bonchev–Trinajstić information content (AvgIpc) is 2.43. The van der Waals surface area contributed by atoms with Gasteiger partial charge in [-0.25, -0.2) is 0 Å². The molecule has 0 aliphatic carbocycles. The van der Waals surface area contributed by atoms with Gasteiger partial charge in [0.1, 0.15) is 0 Å². The molecule has 0 saturated carbocycles. The van der Waals surface area contributed by atoms with Crippen molar-refractivity contribution < 1.29 is 0 Å². The second kappa shape index (κ2) is 13.3. The Balaban J connectivity index is 3.77. The Morgan fingerprint density at radius 3 is 2.05 bits per heavy atom. The molecule has 2 N–H and O–H groups in total. The van der Waals surface area contributed by atoms with Crippen LogP contribution in [0.15, 0.2) is 4.99 Å². The summed E-state index contributed by atoms with van der Waals surface area (Å²) in [7, 11) is 1.84. The van der Waals surface area contributed by atoms with Gasteiger partial charge >= 0.3 is 0 Å². The minimum atomic E-state index is 0.610. The molecule has 21 heavy (non-hydrogen) atoms. The van der Waals surface area contributed by atoms with Crippen LogP contribution in [0.1, 0.15) is 47.0 Å². The van der Waals surface area contributed by atoms with Gasteiger partial charge in [0.25, 0.3) is 0 Å². The molecule has 4 nitrogen and oxygen atoms in total. The van der Waals surface area contributed by atoms with Gasteiger partial charge < -0.3 is 10.6 Å². The van der Waals surface area contributed by atoms with E-state index >= 15 is 0 Å². The second-order valence-corrected chi connectivity index (χ2v) is 6.89. The van der Waals surface area contributed by atoms with Gasteiger partial charge in [0.05, 0.1) is 0 Å². The Kier molecular flexibility index (Phi) is 13.0. The number of unbranched alkanes of at least 4 members (excludes halogenated alkanes) is 1. The lowest BCUT2D eigenvalue weighted by atomic mass is 10.2. The highest BCUT2D eigenvalue weighted by molar-refractivity contribution is 7.98. The fourth-order valence-electron chi connectivity index (χ4n) is 2.38. The topological polar surface area (TPSA) is 39.7 Å². The summed E-state index contributed by atoms with van der Waals surface area (Å²) in [6.07, 6.45) is 5.77. The van der Waals surface area contributed by atoms with Crippen LogP contribution in [-0.2, 0) is 0 Å². The second-order valence-electron chi connectivity index (χ2n) is 5.90. The molecule has 0 saturated heterocycles. The lowest BCUT2D eigenvalue weighted by Crippen LogP contribution is -2.41. The van der Waals surface area contributed by atoms with Crippen LogP contribution in [0.25, 0.3) is 0 Å². The third-order valence-electron chi connectivity index (χ3n) is 3.50. The van der Waals surface area contributed by atoms with E-state index in [-0.39, 0.29) is 0 Å². The number of aliphatic imine (C=N–C) groups is 1. The van der Waals surface area contributed by atoms with E-state index in [4.69, 9.17) is 0 Å². The maximum atomic E-state index is 4.27. The Hall–Kier alpha value is -0.420. The standard InChI is InChI=1S/C16H36N4S/c1-14(2)20(15(3)4)12-9-11-19-16(17-5)18-10-7-8-13-21-6/h14-15H,7-13H2,1-6H3,(H2,17,18,19). The highest BCUT2D eigenvalue weighted by atomic mass is 32.2.